The third kappa shape index (κ3) is 4.43. The van der Waals surface area contributed by atoms with Gasteiger partial charge < -0.3 is 11.5 Å². The standard InChI is InChI=1S/C7H18N2/c1-2-7(3-5-8)4-6-9/h7H,2-6,8-9H2,1H3. The van der Waals surface area contributed by atoms with E-state index in [-0.39, 0.29) is 0 Å². The molecular formula is C7H18N2. The van der Waals surface area contributed by atoms with Gasteiger partial charge in [-0.1, -0.05) is 13.3 Å². The number of hydrogen-bond acceptors (Lipinski definition) is 2. The first-order chi connectivity index (χ1) is 4.35. The van der Waals surface area contributed by atoms with Crippen molar-refractivity contribution in [1.29, 1.82) is 0 Å². The van der Waals surface area contributed by atoms with Gasteiger partial charge in [0.05, 0.1) is 0 Å². The van der Waals surface area contributed by atoms with E-state index in [1.165, 1.54) is 6.42 Å². The lowest BCUT2D eigenvalue weighted by atomic mass is 9.99. The van der Waals surface area contributed by atoms with Crippen LogP contribution in [0.3, 0.4) is 0 Å². The summed E-state index contributed by atoms with van der Waals surface area (Å²) in [6, 6.07) is 0. The first-order valence-electron chi connectivity index (χ1n) is 3.75. The summed E-state index contributed by atoms with van der Waals surface area (Å²) < 4.78 is 0. The number of nitrogens with two attached hydrogens (primary N) is 2. The molecule has 0 aliphatic carbocycles. The Bertz CT molecular complexity index is 48.9. The van der Waals surface area contributed by atoms with Gasteiger partial charge in [-0.2, -0.15) is 0 Å². The van der Waals surface area contributed by atoms with Crippen molar-refractivity contribution >= 4 is 0 Å². The zero-order chi connectivity index (χ0) is 7.11. The Morgan fingerprint density at radius 2 is 1.56 bits per heavy atom. The Balaban J connectivity index is 3.18. The van der Waals surface area contributed by atoms with E-state index in [9.17, 15) is 0 Å². The molecule has 2 nitrogen and oxygen atoms in total. The van der Waals surface area contributed by atoms with Crippen LogP contribution in [-0.4, -0.2) is 13.1 Å². The van der Waals surface area contributed by atoms with Crippen LogP contribution >= 0.6 is 0 Å². The topological polar surface area (TPSA) is 52.0 Å². The lowest BCUT2D eigenvalue weighted by Crippen LogP contribution is -2.12. The molecule has 0 aromatic heterocycles. The fourth-order valence-electron chi connectivity index (χ4n) is 1.02. The summed E-state index contributed by atoms with van der Waals surface area (Å²) in [4.78, 5) is 0. The first-order valence-corrected chi connectivity index (χ1v) is 3.75. The van der Waals surface area contributed by atoms with Crippen molar-refractivity contribution in [1.82, 2.24) is 0 Å². The second-order valence-corrected chi connectivity index (χ2v) is 2.43. The summed E-state index contributed by atoms with van der Waals surface area (Å²) in [6.45, 7) is 3.80. The van der Waals surface area contributed by atoms with Gasteiger partial charge in [0.15, 0.2) is 0 Å². The molecule has 0 aliphatic heterocycles. The van der Waals surface area contributed by atoms with E-state index in [0.717, 1.165) is 31.8 Å². The monoisotopic (exact) mass is 130 g/mol. The second-order valence-electron chi connectivity index (χ2n) is 2.43. The Morgan fingerprint density at radius 3 is 1.78 bits per heavy atom. The maximum Gasteiger partial charge on any atom is -0.00746 e. The molecule has 0 unspecified atom stereocenters. The largest absolute Gasteiger partial charge is 0.330 e. The van der Waals surface area contributed by atoms with Gasteiger partial charge in [-0.3, -0.25) is 0 Å². The van der Waals surface area contributed by atoms with Crippen LogP contribution in [0.5, 0.6) is 0 Å². The normalized spacial score (nSPS) is 10.7. The maximum atomic E-state index is 5.39. The van der Waals surface area contributed by atoms with Crippen LogP contribution in [0.1, 0.15) is 26.2 Å². The van der Waals surface area contributed by atoms with Crippen molar-refractivity contribution in [2.75, 3.05) is 13.1 Å². The quantitative estimate of drug-likeness (QED) is 0.576. The Labute approximate surface area is 57.6 Å². The smallest absolute Gasteiger partial charge is 0.00746 e. The SMILES string of the molecule is CCC(CCN)CCN. The molecule has 0 aromatic carbocycles. The molecule has 0 aliphatic rings. The summed E-state index contributed by atoms with van der Waals surface area (Å²) in [5, 5.41) is 0. The van der Waals surface area contributed by atoms with E-state index in [1.807, 2.05) is 0 Å². The van der Waals surface area contributed by atoms with Crippen LogP contribution in [0.25, 0.3) is 0 Å². The minimum atomic E-state index is 0.764. The van der Waals surface area contributed by atoms with Crippen molar-refractivity contribution in [3.63, 3.8) is 0 Å². The highest BCUT2D eigenvalue weighted by atomic mass is 14.5. The Morgan fingerprint density at radius 1 is 1.11 bits per heavy atom. The molecule has 4 N–H and O–H groups in total. The van der Waals surface area contributed by atoms with Gasteiger partial charge in [0.25, 0.3) is 0 Å². The van der Waals surface area contributed by atoms with Crippen LogP contribution in [0, 0.1) is 5.92 Å². The molecule has 0 rings (SSSR count). The van der Waals surface area contributed by atoms with Gasteiger partial charge in [-0.15, -0.1) is 0 Å². The third-order valence-electron chi connectivity index (χ3n) is 1.73. The van der Waals surface area contributed by atoms with Gasteiger partial charge in [0.2, 0.25) is 0 Å². The maximum absolute atomic E-state index is 5.39. The fraction of sp³-hybridized carbons (Fsp3) is 1.00. The molecule has 0 atom stereocenters. The Kier molecular flexibility index (Phi) is 5.99. The van der Waals surface area contributed by atoms with E-state index in [4.69, 9.17) is 11.5 Å². The molecular weight excluding hydrogens is 112 g/mol. The molecule has 0 aromatic rings. The molecule has 0 saturated carbocycles. The predicted molar refractivity (Wildman–Crippen MR) is 41.1 cm³/mol. The van der Waals surface area contributed by atoms with Crippen molar-refractivity contribution in [2.24, 2.45) is 17.4 Å². The van der Waals surface area contributed by atoms with E-state index in [2.05, 4.69) is 6.92 Å². The molecule has 0 fully saturated rings. The van der Waals surface area contributed by atoms with Crippen LogP contribution in [0.2, 0.25) is 0 Å². The summed E-state index contributed by atoms with van der Waals surface area (Å²) in [5.41, 5.74) is 10.8. The zero-order valence-corrected chi connectivity index (χ0v) is 6.27. The van der Waals surface area contributed by atoms with Crippen LogP contribution in [-0.2, 0) is 0 Å². The molecule has 0 bridgehead atoms. The van der Waals surface area contributed by atoms with E-state index in [0.29, 0.717) is 0 Å². The molecule has 0 heterocycles. The molecule has 2 heteroatoms. The van der Waals surface area contributed by atoms with Crippen molar-refractivity contribution in [2.45, 2.75) is 26.2 Å². The molecule has 0 amide bonds. The average Bonchev–Trinajstić information content (AvgIpc) is 1.88. The minimum absolute atomic E-state index is 0.764. The second kappa shape index (κ2) is 6.05. The van der Waals surface area contributed by atoms with Crippen LogP contribution in [0.15, 0.2) is 0 Å². The Hall–Kier alpha value is -0.0800. The van der Waals surface area contributed by atoms with Crippen molar-refractivity contribution < 1.29 is 0 Å². The van der Waals surface area contributed by atoms with Crippen LogP contribution in [0.4, 0.5) is 0 Å². The number of rotatable bonds is 5. The van der Waals surface area contributed by atoms with E-state index in [1.54, 1.807) is 0 Å². The number of hydrogen-bond donors (Lipinski definition) is 2. The molecule has 0 spiro atoms. The zero-order valence-electron chi connectivity index (χ0n) is 6.27. The van der Waals surface area contributed by atoms with Gasteiger partial charge in [-0.05, 0) is 31.8 Å². The van der Waals surface area contributed by atoms with Gasteiger partial charge in [-0.25, -0.2) is 0 Å². The summed E-state index contributed by atoms with van der Waals surface area (Å²) in [5.74, 6) is 0.764. The highest BCUT2D eigenvalue weighted by Gasteiger charge is 2.01. The average molecular weight is 130 g/mol. The van der Waals surface area contributed by atoms with Gasteiger partial charge in [0, 0.05) is 0 Å². The molecule has 9 heavy (non-hydrogen) atoms. The summed E-state index contributed by atoms with van der Waals surface area (Å²) in [7, 11) is 0. The predicted octanol–water partition coefficient (Wildman–Crippen LogP) is 0.710. The molecule has 56 valence electrons. The van der Waals surface area contributed by atoms with Gasteiger partial charge in [0.1, 0.15) is 0 Å². The van der Waals surface area contributed by atoms with Crippen LogP contribution < -0.4 is 11.5 Å². The van der Waals surface area contributed by atoms with E-state index >= 15 is 0 Å². The highest BCUT2D eigenvalue weighted by molar-refractivity contribution is 4.57. The first kappa shape index (κ1) is 8.92. The fourth-order valence-corrected chi connectivity index (χ4v) is 1.02. The minimum Gasteiger partial charge on any atom is -0.330 e. The lowest BCUT2D eigenvalue weighted by molar-refractivity contribution is 0.449. The summed E-state index contributed by atoms with van der Waals surface area (Å²) in [6.07, 6.45) is 3.48. The molecule has 0 radical (unpaired) electrons. The van der Waals surface area contributed by atoms with Gasteiger partial charge >= 0.3 is 0 Å². The van der Waals surface area contributed by atoms with Crippen molar-refractivity contribution in [3.8, 4) is 0 Å². The summed E-state index contributed by atoms with van der Waals surface area (Å²) >= 11 is 0. The highest BCUT2D eigenvalue weighted by Crippen LogP contribution is 2.09. The lowest BCUT2D eigenvalue weighted by Gasteiger charge is -2.10. The molecule has 0 saturated heterocycles. The van der Waals surface area contributed by atoms with Crippen molar-refractivity contribution in [3.05, 3.63) is 0 Å². The van der Waals surface area contributed by atoms with E-state index < -0.39 is 0 Å². The third-order valence-corrected chi connectivity index (χ3v) is 1.73.